The maximum Gasteiger partial charge on any atom is 0.321 e. The van der Waals surface area contributed by atoms with E-state index in [4.69, 9.17) is 4.74 Å². The van der Waals surface area contributed by atoms with Crippen molar-refractivity contribution < 1.29 is 4.74 Å². The summed E-state index contributed by atoms with van der Waals surface area (Å²) in [5.74, 6) is 1.28. The van der Waals surface area contributed by atoms with E-state index in [1.54, 1.807) is 7.11 Å². The van der Waals surface area contributed by atoms with E-state index in [9.17, 15) is 0 Å². The Morgan fingerprint density at radius 1 is 1.10 bits per heavy atom. The van der Waals surface area contributed by atoms with Crippen LogP contribution in [0, 0.1) is 6.92 Å². The number of anilines is 1. The molecular weight excluding hydrogens is 252 g/mol. The van der Waals surface area contributed by atoms with Crippen LogP contribution in [0.5, 0.6) is 6.01 Å². The van der Waals surface area contributed by atoms with Crippen molar-refractivity contribution in [2.24, 2.45) is 0 Å². The van der Waals surface area contributed by atoms with Crippen LogP contribution >= 0.6 is 0 Å². The third-order valence-electron chi connectivity index (χ3n) is 2.86. The van der Waals surface area contributed by atoms with E-state index in [1.807, 2.05) is 0 Å². The normalized spacial score (nSPS) is 10.3. The van der Waals surface area contributed by atoms with Crippen LogP contribution in [-0.4, -0.2) is 28.6 Å². The maximum absolute atomic E-state index is 5.13. The summed E-state index contributed by atoms with van der Waals surface area (Å²) in [6.45, 7) is 5.00. The van der Waals surface area contributed by atoms with Crippen molar-refractivity contribution in [3.8, 4) is 6.01 Å². The van der Waals surface area contributed by atoms with Gasteiger partial charge in [-0.05, 0) is 18.9 Å². The first-order valence-electron chi connectivity index (χ1n) is 6.79. The van der Waals surface area contributed by atoms with Gasteiger partial charge in [-0.15, -0.1) is 0 Å². The second-order valence-corrected chi connectivity index (χ2v) is 4.65. The van der Waals surface area contributed by atoms with Gasteiger partial charge in [-0.2, -0.15) is 15.0 Å². The first kappa shape index (κ1) is 14.2. The highest BCUT2D eigenvalue weighted by Crippen LogP contribution is 2.12. The number of methoxy groups -OCH3 is 1. The molecule has 20 heavy (non-hydrogen) atoms. The Balaban J connectivity index is 2.19. The van der Waals surface area contributed by atoms with E-state index in [2.05, 4.69) is 58.4 Å². The lowest BCUT2D eigenvalue weighted by Crippen LogP contribution is -2.09. The van der Waals surface area contributed by atoms with Gasteiger partial charge in [-0.25, -0.2) is 0 Å². The Hall–Kier alpha value is -2.17. The van der Waals surface area contributed by atoms with Gasteiger partial charge in [-0.3, -0.25) is 0 Å². The van der Waals surface area contributed by atoms with Crippen molar-refractivity contribution in [3.63, 3.8) is 0 Å². The lowest BCUT2D eigenvalue weighted by atomic mass is 10.1. The number of nitrogens with one attached hydrogen (secondary N) is 1. The summed E-state index contributed by atoms with van der Waals surface area (Å²) in [4.78, 5) is 12.9. The van der Waals surface area contributed by atoms with Gasteiger partial charge < -0.3 is 10.1 Å². The molecule has 2 aromatic rings. The molecule has 1 aromatic heterocycles. The lowest BCUT2D eigenvalue weighted by molar-refractivity contribution is 0.377. The fourth-order valence-electron chi connectivity index (χ4n) is 1.77. The molecular formula is C15H20N4O. The Morgan fingerprint density at radius 2 is 1.85 bits per heavy atom. The molecule has 0 saturated carbocycles. The second-order valence-electron chi connectivity index (χ2n) is 4.65. The third-order valence-corrected chi connectivity index (χ3v) is 2.86. The van der Waals surface area contributed by atoms with Gasteiger partial charge in [0.05, 0.1) is 7.11 Å². The van der Waals surface area contributed by atoms with Crippen LogP contribution in [0.15, 0.2) is 24.3 Å². The molecule has 0 radical (unpaired) electrons. The zero-order valence-electron chi connectivity index (χ0n) is 12.2. The van der Waals surface area contributed by atoms with Crippen molar-refractivity contribution >= 4 is 5.95 Å². The molecule has 2 rings (SSSR count). The minimum Gasteiger partial charge on any atom is -0.467 e. The highest BCUT2D eigenvalue weighted by atomic mass is 16.5. The highest BCUT2D eigenvalue weighted by Gasteiger charge is 2.07. The van der Waals surface area contributed by atoms with Gasteiger partial charge in [0.2, 0.25) is 5.95 Å². The molecule has 0 amide bonds. The van der Waals surface area contributed by atoms with Gasteiger partial charge in [0.15, 0.2) is 0 Å². The van der Waals surface area contributed by atoms with E-state index in [-0.39, 0.29) is 0 Å². The quantitative estimate of drug-likeness (QED) is 0.876. The molecule has 1 N–H and O–H groups in total. The Kier molecular flexibility index (Phi) is 4.87. The Labute approximate surface area is 119 Å². The zero-order valence-corrected chi connectivity index (χ0v) is 12.2. The number of aryl methyl sites for hydroxylation is 1. The smallest absolute Gasteiger partial charge is 0.321 e. The highest BCUT2D eigenvalue weighted by molar-refractivity contribution is 5.29. The molecule has 1 aromatic carbocycles. The van der Waals surface area contributed by atoms with Crippen LogP contribution in [0.1, 0.15) is 30.3 Å². The molecule has 0 aliphatic heterocycles. The van der Waals surface area contributed by atoms with Gasteiger partial charge >= 0.3 is 6.01 Å². The van der Waals surface area contributed by atoms with Crippen LogP contribution in [0.2, 0.25) is 0 Å². The number of ether oxygens (including phenoxy) is 1. The van der Waals surface area contributed by atoms with Crippen LogP contribution in [0.25, 0.3) is 0 Å². The first-order valence-corrected chi connectivity index (χ1v) is 6.79. The Bertz CT molecular complexity index is 554. The summed E-state index contributed by atoms with van der Waals surface area (Å²) in [5.41, 5.74) is 2.41. The van der Waals surface area contributed by atoms with Crippen molar-refractivity contribution in [1.29, 1.82) is 0 Å². The summed E-state index contributed by atoms with van der Waals surface area (Å²) >= 11 is 0. The first-order chi connectivity index (χ1) is 9.71. The van der Waals surface area contributed by atoms with Crippen molar-refractivity contribution in [2.75, 3.05) is 19.0 Å². The minimum absolute atomic E-state index is 0.348. The fraction of sp³-hybridized carbons (Fsp3) is 0.400. The number of nitrogens with zero attached hydrogens (tertiary/aromatic N) is 3. The summed E-state index contributed by atoms with van der Waals surface area (Å²) < 4.78 is 5.13. The topological polar surface area (TPSA) is 59.9 Å². The van der Waals surface area contributed by atoms with Crippen molar-refractivity contribution in [2.45, 2.75) is 26.7 Å². The summed E-state index contributed by atoms with van der Waals surface area (Å²) in [5, 5.41) is 3.16. The number of hydrogen-bond acceptors (Lipinski definition) is 5. The largest absolute Gasteiger partial charge is 0.467 e. The van der Waals surface area contributed by atoms with E-state index >= 15 is 0 Å². The number of aromatic nitrogens is 3. The van der Waals surface area contributed by atoms with E-state index < -0.39 is 0 Å². The Morgan fingerprint density at radius 3 is 2.50 bits per heavy atom. The average Bonchev–Trinajstić information content (AvgIpc) is 2.47. The molecule has 106 valence electrons. The van der Waals surface area contributed by atoms with Crippen LogP contribution in [-0.2, 0) is 6.42 Å². The molecule has 1 heterocycles. The predicted molar refractivity (Wildman–Crippen MR) is 79.1 cm³/mol. The molecule has 0 aliphatic rings. The molecule has 5 heteroatoms. The van der Waals surface area contributed by atoms with E-state index in [0.29, 0.717) is 24.2 Å². The van der Waals surface area contributed by atoms with Gasteiger partial charge in [0, 0.05) is 13.0 Å². The summed E-state index contributed by atoms with van der Waals surface area (Å²) in [6.07, 6.45) is 1.68. The van der Waals surface area contributed by atoms with E-state index in [0.717, 1.165) is 13.0 Å². The lowest BCUT2D eigenvalue weighted by Gasteiger charge is -2.07. The minimum atomic E-state index is 0.348. The number of hydrogen-bond donors (Lipinski definition) is 1. The molecule has 5 nitrogen and oxygen atoms in total. The molecule has 0 aliphatic carbocycles. The molecule has 0 atom stereocenters. The summed E-state index contributed by atoms with van der Waals surface area (Å²) in [7, 11) is 1.56. The van der Waals surface area contributed by atoms with Gasteiger partial charge in [-0.1, -0.05) is 36.8 Å². The van der Waals surface area contributed by atoms with Crippen molar-refractivity contribution in [3.05, 3.63) is 41.2 Å². The monoisotopic (exact) mass is 272 g/mol. The van der Waals surface area contributed by atoms with Gasteiger partial charge in [0.1, 0.15) is 5.82 Å². The second kappa shape index (κ2) is 6.84. The standard InChI is InChI=1S/C15H20N4O/c1-4-9-16-14-17-13(18-15(19-14)20-3)10-12-7-5-11(2)6-8-12/h5-8H,4,9-10H2,1-3H3,(H,16,17,18,19). The third kappa shape index (κ3) is 3.91. The molecule has 0 saturated heterocycles. The molecule has 0 fully saturated rings. The zero-order chi connectivity index (χ0) is 14.4. The van der Waals surface area contributed by atoms with E-state index in [1.165, 1.54) is 11.1 Å². The average molecular weight is 272 g/mol. The number of rotatable bonds is 6. The van der Waals surface area contributed by atoms with Crippen LogP contribution in [0.3, 0.4) is 0 Å². The van der Waals surface area contributed by atoms with Gasteiger partial charge in [0.25, 0.3) is 0 Å². The van der Waals surface area contributed by atoms with Crippen LogP contribution < -0.4 is 10.1 Å². The predicted octanol–water partition coefficient (Wildman–Crippen LogP) is 2.60. The maximum atomic E-state index is 5.13. The summed E-state index contributed by atoms with van der Waals surface area (Å²) in [6, 6.07) is 8.70. The number of benzene rings is 1. The fourth-order valence-corrected chi connectivity index (χ4v) is 1.77. The van der Waals surface area contributed by atoms with Crippen LogP contribution in [0.4, 0.5) is 5.95 Å². The van der Waals surface area contributed by atoms with Crippen molar-refractivity contribution in [1.82, 2.24) is 15.0 Å². The molecule has 0 unspecified atom stereocenters. The SMILES string of the molecule is CCCNc1nc(Cc2ccc(C)cc2)nc(OC)n1. The molecule has 0 bridgehead atoms. The molecule has 0 spiro atoms.